The summed E-state index contributed by atoms with van der Waals surface area (Å²) in [6.07, 6.45) is 1.78. The topological polar surface area (TPSA) is 64.2 Å². The van der Waals surface area contributed by atoms with Crippen molar-refractivity contribution in [3.05, 3.63) is 87.1 Å². The fourth-order valence-corrected chi connectivity index (χ4v) is 3.93. The number of nitrogens with zero attached hydrogens (tertiary/aromatic N) is 1. The number of carbonyl (C=O) groups excluding carboxylic acids is 1. The van der Waals surface area contributed by atoms with Crippen LogP contribution in [0.4, 0.5) is 0 Å². The highest BCUT2D eigenvalue weighted by molar-refractivity contribution is 9.10. The number of imidazole rings is 1. The molecule has 5 nitrogen and oxygen atoms in total. The fourth-order valence-electron chi connectivity index (χ4n) is 3.31. The molecular weight excluding hydrogens is 468 g/mol. The second-order valence-electron chi connectivity index (χ2n) is 6.73. The first-order valence-corrected chi connectivity index (χ1v) is 10.3. The molecule has 0 amide bonds. The molecule has 0 saturated carbocycles. The largest absolute Gasteiger partial charge is 0.454 e. The van der Waals surface area contributed by atoms with E-state index in [-0.39, 0.29) is 12.6 Å². The summed E-state index contributed by atoms with van der Waals surface area (Å²) in [5.41, 5.74) is 3.29. The van der Waals surface area contributed by atoms with E-state index in [0.717, 1.165) is 21.1 Å². The van der Waals surface area contributed by atoms with Gasteiger partial charge < -0.3 is 14.5 Å². The lowest BCUT2D eigenvalue weighted by Gasteiger charge is -2.07. The lowest BCUT2D eigenvalue weighted by atomic mass is 10.00. The van der Waals surface area contributed by atoms with E-state index in [4.69, 9.17) is 21.1 Å². The number of Topliss-reactive ketones (excluding diaryl/α,β-unsaturated/α-hetero) is 1. The van der Waals surface area contributed by atoms with Crippen LogP contribution in [0.25, 0.3) is 22.7 Å². The molecule has 5 rings (SSSR count). The normalized spacial score (nSPS) is 13.1. The van der Waals surface area contributed by atoms with E-state index in [2.05, 4.69) is 25.9 Å². The molecule has 1 aliphatic heterocycles. The van der Waals surface area contributed by atoms with Crippen LogP contribution in [0.2, 0.25) is 5.02 Å². The minimum atomic E-state index is -0.193. The number of carbonyl (C=O) groups is 1. The van der Waals surface area contributed by atoms with E-state index < -0.39 is 0 Å². The van der Waals surface area contributed by atoms with Gasteiger partial charge in [0.1, 0.15) is 5.82 Å². The van der Waals surface area contributed by atoms with E-state index in [0.29, 0.717) is 33.5 Å². The van der Waals surface area contributed by atoms with Gasteiger partial charge in [-0.05, 0) is 48.0 Å². The van der Waals surface area contributed by atoms with E-state index in [1.807, 2.05) is 36.4 Å². The molecule has 0 bridgehead atoms. The van der Waals surface area contributed by atoms with Gasteiger partial charge in [0.2, 0.25) is 6.79 Å². The molecule has 1 N–H and O–H groups in total. The maximum Gasteiger partial charge on any atom is 0.231 e. The summed E-state index contributed by atoms with van der Waals surface area (Å²) in [7, 11) is 0. The predicted octanol–water partition coefficient (Wildman–Crippen LogP) is 6.13. The van der Waals surface area contributed by atoms with Crippen molar-refractivity contribution in [1.29, 1.82) is 0 Å². The summed E-state index contributed by atoms with van der Waals surface area (Å²) in [6.45, 7) is 0.173. The van der Waals surface area contributed by atoms with E-state index in [9.17, 15) is 4.79 Å². The number of H-pyrrole nitrogens is 1. The smallest absolute Gasteiger partial charge is 0.231 e. The first kappa shape index (κ1) is 18.9. The van der Waals surface area contributed by atoms with Gasteiger partial charge in [-0.15, -0.1) is 0 Å². The molecule has 30 heavy (non-hydrogen) atoms. The van der Waals surface area contributed by atoms with Crippen molar-refractivity contribution in [2.75, 3.05) is 6.79 Å². The van der Waals surface area contributed by atoms with Crippen LogP contribution in [-0.4, -0.2) is 22.5 Å². The van der Waals surface area contributed by atoms with Gasteiger partial charge in [-0.3, -0.25) is 4.79 Å². The van der Waals surface area contributed by atoms with Crippen LogP contribution >= 0.6 is 27.5 Å². The predicted molar refractivity (Wildman–Crippen MR) is 120 cm³/mol. The van der Waals surface area contributed by atoms with Crippen LogP contribution in [0.1, 0.15) is 21.7 Å². The summed E-state index contributed by atoms with van der Waals surface area (Å²) in [5, 5.41) is 0.495. The van der Waals surface area contributed by atoms with Crippen molar-refractivity contribution in [3.8, 4) is 11.5 Å². The summed E-state index contributed by atoms with van der Waals surface area (Å²) < 4.78 is 11.7. The van der Waals surface area contributed by atoms with E-state index >= 15 is 0 Å². The molecule has 148 valence electrons. The Bertz CT molecular complexity index is 1300. The Labute approximate surface area is 185 Å². The Morgan fingerprint density at radius 2 is 1.87 bits per heavy atom. The molecule has 0 aliphatic carbocycles. The first-order valence-electron chi connectivity index (χ1n) is 9.15. The number of hydrogen-bond donors (Lipinski definition) is 1. The molecule has 7 heteroatoms. The number of fused-ring (bicyclic) bond motifs is 2. The zero-order valence-corrected chi connectivity index (χ0v) is 17.8. The Morgan fingerprint density at radius 1 is 1.07 bits per heavy atom. The molecule has 4 aromatic rings. The summed E-state index contributed by atoms with van der Waals surface area (Å²) >= 11 is 9.68. The van der Waals surface area contributed by atoms with Crippen molar-refractivity contribution in [1.82, 2.24) is 9.97 Å². The number of aromatic amines is 1. The quantitative estimate of drug-likeness (QED) is 0.281. The van der Waals surface area contributed by atoms with Gasteiger partial charge in [-0.25, -0.2) is 4.98 Å². The van der Waals surface area contributed by atoms with Gasteiger partial charge in [0.25, 0.3) is 0 Å². The van der Waals surface area contributed by atoms with Gasteiger partial charge in [-0.2, -0.15) is 0 Å². The highest BCUT2D eigenvalue weighted by Gasteiger charge is 2.21. The van der Waals surface area contributed by atoms with Crippen LogP contribution in [-0.2, 0) is 0 Å². The third kappa shape index (κ3) is 3.49. The summed E-state index contributed by atoms with van der Waals surface area (Å²) in [6, 6.07) is 18.2. The highest BCUT2D eigenvalue weighted by atomic mass is 79.9. The second kappa shape index (κ2) is 7.63. The average molecular weight is 482 g/mol. The summed E-state index contributed by atoms with van der Waals surface area (Å²) in [4.78, 5) is 21.3. The molecule has 2 heterocycles. The highest BCUT2D eigenvalue weighted by Crippen LogP contribution is 2.38. The van der Waals surface area contributed by atoms with Crippen LogP contribution < -0.4 is 9.47 Å². The Kier molecular flexibility index (Phi) is 4.81. The molecule has 0 fully saturated rings. The third-order valence-electron chi connectivity index (χ3n) is 4.77. The molecule has 1 aliphatic rings. The van der Waals surface area contributed by atoms with Crippen LogP contribution in [0, 0.1) is 0 Å². The molecule has 0 saturated heterocycles. The standard InChI is InChI=1S/C23H14BrClN2O3/c24-17-11-21-20(29-12-30-21)10-14(17)9-16(22(28)13-4-3-5-15(25)8-13)23-26-18-6-1-2-7-19(18)27-23/h1-11H,12H2,(H,26,27). The van der Waals surface area contributed by atoms with Crippen molar-refractivity contribution >= 4 is 56.0 Å². The molecule has 3 aromatic carbocycles. The number of rotatable bonds is 4. The Hall–Kier alpha value is -3.09. The minimum Gasteiger partial charge on any atom is -0.454 e. The maximum atomic E-state index is 13.5. The number of aromatic nitrogens is 2. The number of benzene rings is 3. The third-order valence-corrected chi connectivity index (χ3v) is 5.69. The molecule has 0 atom stereocenters. The maximum absolute atomic E-state index is 13.5. The number of ketones is 1. The van der Waals surface area contributed by atoms with Gasteiger partial charge in [0, 0.05) is 15.1 Å². The van der Waals surface area contributed by atoms with E-state index in [1.54, 1.807) is 30.3 Å². The SMILES string of the molecule is O=C(C(=Cc1cc2c(cc1Br)OCO2)c1nc2ccccc2[nH]1)c1cccc(Cl)c1. The molecular formula is C23H14BrClN2O3. The number of allylic oxidation sites excluding steroid dienone is 1. The minimum absolute atomic E-state index is 0.173. The van der Waals surface area contributed by atoms with Gasteiger partial charge in [0.05, 0.1) is 16.6 Å². The van der Waals surface area contributed by atoms with Gasteiger partial charge in [-0.1, -0.05) is 51.8 Å². The number of nitrogens with one attached hydrogen (secondary N) is 1. The lowest BCUT2D eigenvalue weighted by molar-refractivity contribution is 0.105. The van der Waals surface area contributed by atoms with Gasteiger partial charge >= 0.3 is 0 Å². The summed E-state index contributed by atoms with van der Waals surface area (Å²) in [5.74, 6) is 1.57. The number of hydrogen-bond acceptors (Lipinski definition) is 4. The van der Waals surface area contributed by atoms with E-state index in [1.165, 1.54) is 0 Å². The second-order valence-corrected chi connectivity index (χ2v) is 8.02. The van der Waals surface area contributed by atoms with Crippen LogP contribution in [0.3, 0.4) is 0 Å². The zero-order valence-electron chi connectivity index (χ0n) is 15.5. The molecule has 1 aromatic heterocycles. The monoisotopic (exact) mass is 480 g/mol. The van der Waals surface area contributed by atoms with Crippen LogP contribution in [0.15, 0.2) is 65.1 Å². The van der Waals surface area contributed by atoms with Crippen molar-refractivity contribution in [2.45, 2.75) is 0 Å². The zero-order chi connectivity index (χ0) is 20.7. The number of para-hydroxylation sites is 2. The Balaban J connectivity index is 1.68. The van der Waals surface area contributed by atoms with Crippen LogP contribution in [0.5, 0.6) is 11.5 Å². The van der Waals surface area contributed by atoms with Crippen molar-refractivity contribution in [2.24, 2.45) is 0 Å². The fraction of sp³-hybridized carbons (Fsp3) is 0.0435. The molecule has 0 radical (unpaired) electrons. The number of ether oxygens (including phenoxy) is 2. The number of halogens is 2. The van der Waals surface area contributed by atoms with Gasteiger partial charge in [0.15, 0.2) is 17.3 Å². The van der Waals surface area contributed by atoms with Crippen molar-refractivity contribution in [3.63, 3.8) is 0 Å². The first-order chi connectivity index (χ1) is 14.6. The molecule has 0 unspecified atom stereocenters. The molecule has 0 spiro atoms. The Morgan fingerprint density at radius 3 is 2.67 bits per heavy atom. The lowest BCUT2D eigenvalue weighted by Crippen LogP contribution is -2.04. The van der Waals surface area contributed by atoms with Crippen molar-refractivity contribution < 1.29 is 14.3 Å². The average Bonchev–Trinajstić information content (AvgIpc) is 3.37.